The van der Waals surface area contributed by atoms with Crippen LogP contribution in [0.1, 0.15) is 11.1 Å². The van der Waals surface area contributed by atoms with Gasteiger partial charge in [-0.05, 0) is 47.4 Å². The molecule has 1 aliphatic heterocycles. The lowest BCUT2D eigenvalue weighted by atomic mass is 9.91. The summed E-state index contributed by atoms with van der Waals surface area (Å²) in [5, 5.41) is 69.4. The van der Waals surface area contributed by atoms with Crippen molar-refractivity contribution in [2.24, 2.45) is 5.92 Å². The Hall–Kier alpha value is -2.90. The third kappa shape index (κ3) is 6.70. The predicted octanol–water partition coefficient (Wildman–Crippen LogP) is -0.185. The first-order chi connectivity index (χ1) is 17.8. The van der Waals surface area contributed by atoms with Gasteiger partial charge in [-0.2, -0.15) is 0 Å². The molecule has 0 spiro atoms. The van der Waals surface area contributed by atoms with Crippen LogP contribution in [-0.2, 0) is 11.2 Å². The van der Waals surface area contributed by atoms with Crippen LogP contribution in [0.25, 0.3) is 6.08 Å². The molecule has 0 saturated carbocycles. The maximum absolute atomic E-state index is 10.2. The van der Waals surface area contributed by atoms with E-state index in [2.05, 4.69) is 0 Å². The zero-order valence-corrected chi connectivity index (χ0v) is 20.6. The predicted molar refractivity (Wildman–Crippen MR) is 131 cm³/mol. The van der Waals surface area contributed by atoms with E-state index < -0.39 is 43.2 Å². The van der Waals surface area contributed by atoms with Gasteiger partial charge < -0.3 is 54.7 Å². The molecule has 1 heterocycles. The molecule has 0 bridgehead atoms. The summed E-state index contributed by atoms with van der Waals surface area (Å²) in [5.74, 6) is 0.317. The summed E-state index contributed by atoms with van der Waals surface area (Å²) in [4.78, 5) is 0. The molecule has 1 aliphatic rings. The van der Waals surface area contributed by atoms with Gasteiger partial charge in [0.2, 0.25) is 6.29 Å². The van der Waals surface area contributed by atoms with Gasteiger partial charge in [-0.25, -0.2) is 0 Å². The number of aliphatic hydroxyl groups excluding tert-OH is 6. The molecule has 3 rings (SSSR count). The van der Waals surface area contributed by atoms with Crippen LogP contribution in [0.2, 0.25) is 0 Å². The first-order valence-corrected chi connectivity index (χ1v) is 11.7. The Balaban J connectivity index is 1.81. The molecule has 0 unspecified atom stereocenters. The molecule has 0 aromatic heterocycles. The monoisotopic (exact) mass is 522 g/mol. The van der Waals surface area contributed by atoms with Crippen LogP contribution in [-0.4, -0.2) is 100 Å². The number of benzene rings is 2. The van der Waals surface area contributed by atoms with Crippen molar-refractivity contribution in [1.29, 1.82) is 0 Å². The Morgan fingerprint density at radius 1 is 0.919 bits per heavy atom. The van der Waals surface area contributed by atoms with Crippen molar-refractivity contribution in [3.05, 3.63) is 53.1 Å². The van der Waals surface area contributed by atoms with Crippen molar-refractivity contribution in [3.63, 3.8) is 0 Å². The second kappa shape index (κ2) is 13.1. The van der Waals surface area contributed by atoms with E-state index in [0.717, 1.165) is 5.56 Å². The van der Waals surface area contributed by atoms with E-state index in [-0.39, 0.29) is 30.5 Å². The lowest BCUT2D eigenvalue weighted by molar-refractivity contribution is -0.277. The standard InChI is InChI=1S/C26H34O11/c1-34-20-9-14(3-5-18(20)30)7-16(11-27)17(12-28)8-15-4-6-19(21(10-15)35-2)36-26-25(33)24(32)23(31)22(13-29)37-26/h3-6,8-10,16,22-33H,7,11-13H2,1-2H3/t16-,22+,23+,24-,25+,26+/m0/s1. The van der Waals surface area contributed by atoms with Gasteiger partial charge in [-0.1, -0.05) is 18.2 Å². The van der Waals surface area contributed by atoms with E-state index in [4.69, 9.17) is 18.9 Å². The van der Waals surface area contributed by atoms with Gasteiger partial charge in [0.05, 0.1) is 34.0 Å². The molecule has 11 heteroatoms. The Kier molecular flexibility index (Phi) is 10.1. The van der Waals surface area contributed by atoms with E-state index in [1.807, 2.05) is 0 Å². The van der Waals surface area contributed by atoms with Crippen LogP contribution in [0.4, 0.5) is 0 Å². The van der Waals surface area contributed by atoms with Crippen LogP contribution in [0.5, 0.6) is 23.0 Å². The van der Waals surface area contributed by atoms with Gasteiger partial charge in [0.1, 0.15) is 24.4 Å². The molecule has 0 aliphatic carbocycles. The Morgan fingerprint density at radius 2 is 1.65 bits per heavy atom. The number of phenols is 1. The first kappa shape index (κ1) is 28.7. The number of phenolic OH excluding ortho intramolecular Hbond substituents is 1. The van der Waals surface area contributed by atoms with Crippen molar-refractivity contribution in [2.45, 2.75) is 37.1 Å². The van der Waals surface area contributed by atoms with E-state index in [9.17, 15) is 35.7 Å². The fraction of sp³-hybridized carbons (Fsp3) is 0.462. The maximum Gasteiger partial charge on any atom is 0.229 e. The number of methoxy groups -OCH3 is 2. The molecule has 2 aromatic carbocycles. The summed E-state index contributed by atoms with van der Waals surface area (Å²) in [6, 6.07) is 9.71. The molecule has 7 N–H and O–H groups in total. The molecule has 2 aromatic rings. The quantitative estimate of drug-likeness (QED) is 0.208. The Bertz CT molecular complexity index is 1050. The van der Waals surface area contributed by atoms with Gasteiger partial charge in [0.15, 0.2) is 23.0 Å². The third-order valence-corrected chi connectivity index (χ3v) is 6.28. The third-order valence-electron chi connectivity index (χ3n) is 6.28. The molecule has 37 heavy (non-hydrogen) atoms. The summed E-state index contributed by atoms with van der Waals surface area (Å²) in [5.41, 5.74) is 1.98. The molecule has 1 saturated heterocycles. The average molecular weight is 523 g/mol. The largest absolute Gasteiger partial charge is 0.504 e. The maximum atomic E-state index is 10.2. The second-order valence-corrected chi connectivity index (χ2v) is 8.69. The van der Waals surface area contributed by atoms with Gasteiger partial charge in [0.25, 0.3) is 0 Å². The molecular formula is C26H34O11. The number of ether oxygens (including phenoxy) is 4. The van der Waals surface area contributed by atoms with E-state index >= 15 is 0 Å². The molecule has 204 valence electrons. The van der Waals surface area contributed by atoms with Crippen molar-refractivity contribution in [3.8, 4) is 23.0 Å². The summed E-state index contributed by atoms with van der Waals surface area (Å²) in [6.45, 7) is -1.13. The smallest absolute Gasteiger partial charge is 0.229 e. The highest BCUT2D eigenvalue weighted by atomic mass is 16.7. The lowest BCUT2D eigenvalue weighted by Crippen LogP contribution is -2.60. The fourth-order valence-corrected chi connectivity index (χ4v) is 4.11. The zero-order chi connectivity index (χ0) is 27.1. The minimum Gasteiger partial charge on any atom is -0.504 e. The summed E-state index contributed by atoms with van der Waals surface area (Å²) < 4.78 is 21.6. The van der Waals surface area contributed by atoms with Gasteiger partial charge >= 0.3 is 0 Å². The van der Waals surface area contributed by atoms with Crippen molar-refractivity contribution >= 4 is 6.08 Å². The molecule has 1 fully saturated rings. The van der Waals surface area contributed by atoms with Crippen LogP contribution in [0.15, 0.2) is 42.0 Å². The molecular weight excluding hydrogens is 488 g/mol. The van der Waals surface area contributed by atoms with E-state index in [1.54, 1.807) is 36.4 Å². The SMILES string of the molecule is COc1cc(C[C@@H](CO)C(=Cc2ccc(O[C@@H]3O[C@H](CO)[C@@H](O)[C@H](O)[C@H]3O)c(OC)c2)CO)ccc1O. The van der Waals surface area contributed by atoms with Crippen LogP contribution in [0.3, 0.4) is 0 Å². The Morgan fingerprint density at radius 3 is 2.27 bits per heavy atom. The minimum absolute atomic E-state index is 0.00263. The topological polar surface area (TPSA) is 179 Å². The molecule has 0 amide bonds. The first-order valence-electron chi connectivity index (χ1n) is 11.7. The number of hydrogen-bond acceptors (Lipinski definition) is 11. The highest BCUT2D eigenvalue weighted by Gasteiger charge is 2.45. The number of aromatic hydroxyl groups is 1. The molecule has 6 atom stereocenters. The fourth-order valence-electron chi connectivity index (χ4n) is 4.11. The highest BCUT2D eigenvalue weighted by Crippen LogP contribution is 2.33. The number of rotatable bonds is 11. The van der Waals surface area contributed by atoms with Crippen LogP contribution < -0.4 is 14.2 Å². The van der Waals surface area contributed by atoms with Crippen molar-refractivity contribution in [1.82, 2.24) is 0 Å². The summed E-state index contributed by atoms with van der Waals surface area (Å²) in [7, 11) is 2.85. The lowest BCUT2D eigenvalue weighted by Gasteiger charge is -2.39. The molecule has 11 nitrogen and oxygen atoms in total. The summed E-state index contributed by atoms with van der Waals surface area (Å²) >= 11 is 0. The Labute approximate surface area is 214 Å². The number of hydrogen-bond donors (Lipinski definition) is 7. The number of aliphatic hydroxyl groups is 6. The van der Waals surface area contributed by atoms with Gasteiger partial charge in [-0.3, -0.25) is 0 Å². The van der Waals surface area contributed by atoms with Gasteiger partial charge in [-0.15, -0.1) is 0 Å². The highest BCUT2D eigenvalue weighted by molar-refractivity contribution is 5.59. The van der Waals surface area contributed by atoms with E-state index in [0.29, 0.717) is 23.3 Å². The van der Waals surface area contributed by atoms with Gasteiger partial charge in [0, 0.05) is 5.92 Å². The summed E-state index contributed by atoms with van der Waals surface area (Å²) in [6.07, 6.45) is -5.07. The van der Waals surface area contributed by atoms with Crippen molar-refractivity contribution < 1.29 is 54.7 Å². The molecule has 0 radical (unpaired) electrons. The van der Waals surface area contributed by atoms with Crippen molar-refractivity contribution in [2.75, 3.05) is 34.0 Å². The van der Waals surface area contributed by atoms with Crippen LogP contribution >= 0.6 is 0 Å². The normalized spacial score (nSPS) is 25.0. The second-order valence-electron chi connectivity index (χ2n) is 8.69. The average Bonchev–Trinajstić information content (AvgIpc) is 2.92. The van der Waals surface area contributed by atoms with E-state index in [1.165, 1.54) is 20.3 Å². The minimum atomic E-state index is -1.58. The zero-order valence-electron chi connectivity index (χ0n) is 20.6. The van der Waals surface area contributed by atoms with Crippen LogP contribution in [0, 0.1) is 5.92 Å².